The summed E-state index contributed by atoms with van der Waals surface area (Å²) in [5.74, 6) is -0.767. The average Bonchev–Trinajstić information content (AvgIpc) is 2.69. The Labute approximate surface area is 192 Å². The highest BCUT2D eigenvalue weighted by atomic mass is 79.9. The van der Waals surface area contributed by atoms with Gasteiger partial charge in [0.25, 0.3) is 0 Å². The van der Waals surface area contributed by atoms with Gasteiger partial charge >= 0.3 is 0 Å². The van der Waals surface area contributed by atoms with E-state index in [-0.39, 0.29) is 12.5 Å². The number of nitrogens with one attached hydrogen (secondary N) is 1. The van der Waals surface area contributed by atoms with Gasteiger partial charge < -0.3 is 10.2 Å². The summed E-state index contributed by atoms with van der Waals surface area (Å²) in [7, 11) is -3.75. The molecule has 0 unspecified atom stereocenters. The summed E-state index contributed by atoms with van der Waals surface area (Å²) in [5.41, 5.74) is 2.25. The Morgan fingerprint density at radius 1 is 1.13 bits per heavy atom. The molecular weight excluding hydrogens is 482 g/mol. The molecule has 0 aliphatic rings. The highest BCUT2D eigenvalue weighted by Gasteiger charge is 2.30. The highest BCUT2D eigenvalue weighted by Crippen LogP contribution is 2.28. The van der Waals surface area contributed by atoms with Crippen LogP contribution in [-0.4, -0.2) is 50.5 Å². The Morgan fingerprint density at radius 3 is 2.39 bits per heavy atom. The quantitative estimate of drug-likeness (QED) is 0.562. The molecule has 2 rings (SSSR count). The lowest BCUT2D eigenvalue weighted by Crippen LogP contribution is -2.51. The molecule has 0 aromatic heterocycles. The van der Waals surface area contributed by atoms with E-state index in [9.17, 15) is 18.0 Å². The van der Waals surface area contributed by atoms with Crippen molar-refractivity contribution < 1.29 is 18.0 Å². The zero-order chi connectivity index (χ0) is 23.2. The summed E-state index contributed by atoms with van der Waals surface area (Å²) in [6.45, 7) is 5.59. The Hall–Kier alpha value is -2.39. The van der Waals surface area contributed by atoms with Gasteiger partial charge in [-0.25, -0.2) is 8.42 Å². The predicted octanol–water partition coefficient (Wildman–Crippen LogP) is 3.08. The molecule has 31 heavy (non-hydrogen) atoms. The molecule has 2 aromatic carbocycles. The van der Waals surface area contributed by atoms with Gasteiger partial charge in [0.2, 0.25) is 21.8 Å². The summed E-state index contributed by atoms with van der Waals surface area (Å²) in [4.78, 5) is 27.3. The molecule has 1 atom stereocenters. The molecular formula is C22H28BrN3O4S. The lowest BCUT2D eigenvalue weighted by atomic mass is 10.1. The van der Waals surface area contributed by atoms with Crippen LogP contribution in [0, 0.1) is 6.92 Å². The molecule has 0 spiro atoms. The van der Waals surface area contributed by atoms with Crippen LogP contribution in [0.25, 0.3) is 0 Å². The van der Waals surface area contributed by atoms with Gasteiger partial charge in [0.15, 0.2) is 0 Å². The van der Waals surface area contributed by atoms with Crippen LogP contribution in [0.3, 0.4) is 0 Å². The fourth-order valence-electron chi connectivity index (χ4n) is 3.16. The van der Waals surface area contributed by atoms with Gasteiger partial charge in [-0.1, -0.05) is 42.0 Å². The van der Waals surface area contributed by atoms with Gasteiger partial charge in [0.05, 0.1) is 11.9 Å². The molecule has 0 saturated heterocycles. The highest BCUT2D eigenvalue weighted by molar-refractivity contribution is 9.10. The number of halogens is 1. The molecule has 0 radical (unpaired) electrons. The lowest BCUT2D eigenvalue weighted by Gasteiger charge is -2.31. The number of para-hydroxylation sites is 1. The number of sulfonamides is 1. The average molecular weight is 510 g/mol. The van der Waals surface area contributed by atoms with Crippen molar-refractivity contribution in [1.29, 1.82) is 0 Å². The smallest absolute Gasteiger partial charge is 0.244 e. The fraction of sp³-hybridized carbons (Fsp3) is 0.364. The number of rotatable bonds is 9. The number of nitrogens with zero attached hydrogens (tertiary/aromatic N) is 2. The SMILES string of the molecule is CCNC(=O)[C@H](C)N(Cc1cccc(C)c1)C(=O)CN(c1ccccc1Br)S(C)(=O)=O. The van der Waals surface area contributed by atoms with Crippen LogP contribution in [0.1, 0.15) is 25.0 Å². The molecule has 168 valence electrons. The van der Waals surface area contributed by atoms with Crippen molar-refractivity contribution in [3.63, 3.8) is 0 Å². The molecule has 7 nitrogen and oxygen atoms in total. The molecule has 0 aliphatic heterocycles. The van der Waals surface area contributed by atoms with Gasteiger partial charge in [-0.3, -0.25) is 13.9 Å². The maximum atomic E-state index is 13.3. The third-order valence-electron chi connectivity index (χ3n) is 4.75. The van der Waals surface area contributed by atoms with Gasteiger partial charge in [-0.05, 0) is 54.4 Å². The van der Waals surface area contributed by atoms with Crippen LogP contribution in [0.2, 0.25) is 0 Å². The van der Waals surface area contributed by atoms with E-state index in [0.29, 0.717) is 16.7 Å². The minimum absolute atomic E-state index is 0.187. The van der Waals surface area contributed by atoms with E-state index in [0.717, 1.165) is 21.7 Å². The first kappa shape index (κ1) is 24.9. The first-order chi connectivity index (χ1) is 14.5. The Balaban J connectivity index is 2.40. The van der Waals surface area contributed by atoms with E-state index < -0.39 is 28.5 Å². The van der Waals surface area contributed by atoms with E-state index >= 15 is 0 Å². The summed E-state index contributed by atoms with van der Waals surface area (Å²) in [6, 6.07) is 13.7. The second-order valence-corrected chi connectivity index (χ2v) is 10.1. The molecule has 9 heteroatoms. The number of anilines is 1. The molecule has 0 saturated carbocycles. The maximum absolute atomic E-state index is 13.3. The van der Waals surface area contributed by atoms with Crippen LogP contribution < -0.4 is 9.62 Å². The third kappa shape index (κ3) is 6.80. The van der Waals surface area contributed by atoms with Crippen molar-refractivity contribution in [3.05, 3.63) is 64.1 Å². The van der Waals surface area contributed by atoms with E-state index in [1.165, 1.54) is 4.90 Å². The summed E-state index contributed by atoms with van der Waals surface area (Å²) < 4.78 is 26.6. The minimum atomic E-state index is -3.75. The molecule has 1 N–H and O–H groups in total. The zero-order valence-corrected chi connectivity index (χ0v) is 20.5. The van der Waals surface area contributed by atoms with Crippen LogP contribution >= 0.6 is 15.9 Å². The van der Waals surface area contributed by atoms with Crippen molar-refractivity contribution in [2.45, 2.75) is 33.4 Å². The number of aryl methyl sites for hydroxylation is 1. The lowest BCUT2D eigenvalue weighted by molar-refractivity contribution is -0.139. The second kappa shape index (κ2) is 10.8. The van der Waals surface area contributed by atoms with Crippen molar-refractivity contribution in [1.82, 2.24) is 10.2 Å². The molecule has 2 aromatic rings. The number of hydrogen-bond acceptors (Lipinski definition) is 4. The predicted molar refractivity (Wildman–Crippen MR) is 126 cm³/mol. The third-order valence-corrected chi connectivity index (χ3v) is 6.55. The number of carbonyl (C=O) groups excluding carboxylic acids is 2. The van der Waals surface area contributed by atoms with Gasteiger partial charge in [0.1, 0.15) is 12.6 Å². The van der Waals surface area contributed by atoms with Gasteiger partial charge in [-0.15, -0.1) is 0 Å². The van der Waals surface area contributed by atoms with Crippen LogP contribution in [0.4, 0.5) is 5.69 Å². The maximum Gasteiger partial charge on any atom is 0.244 e. The van der Waals surface area contributed by atoms with Crippen LogP contribution in [0.15, 0.2) is 53.0 Å². The monoisotopic (exact) mass is 509 g/mol. The van der Waals surface area contributed by atoms with Crippen LogP contribution in [0.5, 0.6) is 0 Å². The number of hydrogen-bond donors (Lipinski definition) is 1. The second-order valence-electron chi connectivity index (χ2n) is 7.30. The number of carbonyl (C=O) groups is 2. The summed E-state index contributed by atoms with van der Waals surface area (Å²) in [5, 5.41) is 2.73. The Morgan fingerprint density at radius 2 is 1.81 bits per heavy atom. The van der Waals surface area contributed by atoms with E-state index in [1.807, 2.05) is 31.2 Å². The molecule has 0 heterocycles. The van der Waals surface area contributed by atoms with Crippen LogP contribution in [-0.2, 0) is 26.2 Å². The van der Waals surface area contributed by atoms with Crippen molar-refractivity contribution in [2.24, 2.45) is 0 Å². The molecule has 0 fully saturated rings. The zero-order valence-electron chi connectivity index (χ0n) is 18.1. The topological polar surface area (TPSA) is 86.8 Å². The normalized spacial score (nSPS) is 12.2. The van der Waals surface area contributed by atoms with Crippen molar-refractivity contribution >= 4 is 43.5 Å². The summed E-state index contributed by atoms with van der Waals surface area (Å²) in [6.07, 6.45) is 1.05. The van der Waals surface area contributed by atoms with Crippen molar-refractivity contribution in [3.8, 4) is 0 Å². The van der Waals surface area contributed by atoms with E-state index in [4.69, 9.17) is 0 Å². The van der Waals surface area contributed by atoms with E-state index in [2.05, 4.69) is 21.2 Å². The minimum Gasteiger partial charge on any atom is -0.355 e. The van der Waals surface area contributed by atoms with Gasteiger partial charge in [-0.2, -0.15) is 0 Å². The fourth-order valence-corrected chi connectivity index (χ4v) is 4.64. The Kier molecular flexibility index (Phi) is 8.64. The molecule has 0 bridgehead atoms. The standard InChI is InChI=1S/C22H28BrN3O4S/c1-5-24-22(28)17(3)25(14-18-10-8-9-16(2)13-18)21(27)15-26(31(4,29)30)20-12-7-6-11-19(20)23/h6-13,17H,5,14-15H2,1-4H3,(H,24,28)/t17-/m0/s1. The van der Waals surface area contributed by atoms with E-state index in [1.54, 1.807) is 38.1 Å². The Bertz CT molecular complexity index is 1040. The number of likely N-dealkylation sites (N-methyl/N-ethyl adjacent to an activating group) is 1. The largest absolute Gasteiger partial charge is 0.355 e. The molecule has 0 aliphatic carbocycles. The van der Waals surface area contributed by atoms with Gasteiger partial charge in [0, 0.05) is 17.6 Å². The molecule has 2 amide bonds. The number of benzene rings is 2. The number of amides is 2. The van der Waals surface area contributed by atoms with Crippen molar-refractivity contribution in [2.75, 3.05) is 23.7 Å². The first-order valence-electron chi connectivity index (χ1n) is 9.89. The summed E-state index contributed by atoms with van der Waals surface area (Å²) >= 11 is 3.36. The first-order valence-corrected chi connectivity index (χ1v) is 12.5.